The van der Waals surface area contributed by atoms with Crippen molar-refractivity contribution in [3.8, 4) is 0 Å². The molecule has 16 heavy (non-hydrogen) atoms. The molecule has 1 heterocycles. The molecule has 0 amide bonds. The minimum atomic E-state index is 0.0126. The van der Waals surface area contributed by atoms with E-state index in [0.29, 0.717) is 6.04 Å². The van der Waals surface area contributed by atoms with Crippen LogP contribution < -0.4 is 5.32 Å². The molecule has 0 aromatic heterocycles. The summed E-state index contributed by atoms with van der Waals surface area (Å²) >= 11 is 0. The first-order chi connectivity index (χ1) is 7.72. The quantitative estimate of drug-likeness (QED) is 0.727. The molecular weight excluding hydrogens is 202 g/mol. The predicted octanol–water partition coefficient (Wildman–Crippen LogP) is 2.35. The van der Waals surface area contributed by atoms with Crippen molar-refractivity contribution in [2.75, 3.05) is 26.9 Å². The van der Waals surface area contributed by atoms with Gasteiger partial charge >= 0.3 is 0 Å². The Hall–Kier alpha value is -0.120. The number of nitrogens with one attached hydrogen (secondary N) is 1. The molecular formula is C13H27NO2. The Morgan fingerprint density at radius 2 is 2.06 bits per heavy atom. The van der Waals surface area contributed by atoms with Gasteiger partial charge in [0.2, 0.25) is 0 Å². The van der Waals surface area contributed by atoms with Crippen molar-refractivity contribution in [3.63, 3.8) is 0 Å². The third kappa shape index (κ3) is 4.40. The van der Waals surface area contributed by atoms with Crippen molar-refractivity contribution >= 4 is 0 Å². The van der Waals surface area contributed by atoms with Gasteiger partial charge in [0, 0.05) is 45.8 Å². The molecule has 3 heteroatoms. The van der Waals surface area contributed by atoms with Crippen LogP contribution in [0.15, 0.2) is 0 Å². The van der Waals surface area contributed by atoms with Gasteiger partial charge in [-0.05, 0) is 13.3 Å². The Balaban J connectivity index is 2.27. The highest BCUT2D eigenvalue weighted by atomic mass is 16.5. The molecule has 1 saturated heterocycles. The van der Waals surface area contributed by atoms with Crippen LogP contribution in [0.2, 0.25) is 0 Å². The van der Waals surface area contributed by atoms with Gasteiger partial charge in [0.15, 0.2) is 0 Å². The summed E-state index contributed by atoms with van der Waals surface area (Å²) in [5.74, 6) is 0. The van der Waals surface area contributed by atoms with Crippen LogP contribution in [0.4, 0.5) is 0 Å². The van der Waals surface area contributed by atoms with Gasteiger partial charge in [0.25, 0.3) is 0 Å². The lowest BCUT2D eigenvalue weighted by atomic mass is 9.93. The van der Waals surface area contributed by atoms with E-state index in [4.69, 9.17) is 9.47 Å². The molecule has 0 aromatic rings. The molecule has 0 saturated carbocycles. The van der Waals surface area contributed by atoms with E-state index in [9.17, 15) is 0 Å². The summed E-state index contributed by atoms with van der Waals surface area (Å²) in [4.78, 5) is 0. The molecule has 0 aliphatic carbocycles. The van der Waals surface area contributed by atoms with E-state index in [1.807, 2.05) is 7.11 Å². The van der Waals surface area contributed by atoms with Gasteiger partial charge < -0.3 is 14.8 Å². The summed E-state index contributed by atoms with van der Waals surface area (Å²) in [6.45, 7) is 7.12. The Kier molecular flexibility index (Phi) is 6.32. The van der Waals surface area contributed by atoms with Gasteiger partial charge in [-0.2, -0.15) is 0 Å². The average molecular weight is 229 g/mol. The molecule has 0 bridgehead atoms. The summed E-state index contributed by atoms with van der Waals surface area (Å²) in [7, 11) is 1.82. The number of hydrogen-bond acceptors (Lipinski definition) is 3. The Morgan fingerprint density at radius 3 is 2.62 bits per heavy atom. The van der Waals surface area contributed by atoms with Gasteiger partial charge in [-0.1, -0.05) is 19.8 Å². The molecule has 96 valence electrons. The van der Waals surface area contributed by atoms with E-state index in [2.05, 4.69) is 19.2 Å². The SMILES string of the molecule is CCCCC(C)NCC1(OC)CCOCC1. The van der Waals surface area contributed by atoms with Gasteiger partial charge in [0.1, 0.15) is 0 Å². The zero-order chi connectivity index (χ0) is 11.9. The van der Waals surface area contributed by atoms with Gasteiger partial charge in [-0.15, -0.1) is 0 Å². The van der Waals surface area contributed by atoms with Crippen LogP contribution in [0.5, 0.6) is 0 Å². The van der Waals surface area contributed by atoms with Crippen LogP contribution in [0.25, 0.3) is 0 Å². The van der Waals surface area contributed by atoms with Crippen molar-refractivity contribution in [1.82, 2.24) is 5.32 Å². The zero-order valence-corrected chi connectivity index (χ0v) is 11.1. The first-order valence-electron chi connectivity index (χ1n) is 6.59. The van der Waals surface area contributed by atoms with E-state index < -0.39 is 0 Å². The van der Waals surface area contributed by atoms with Crippen LogP contribution in [-0.2, 0) is 9.47 Å². The lowest BCUT2D eigenvalue weighted by Gasteiger charge is -2.37. The minimum absolute atomic E-state index is 0.0126. The fourth-order valence-corrected chi connectivity index (χ4v) is 2.17. The predicted molar refractivity (Wildman–Crippen MR) is 66.8 cm³/mol. The highest BCUT2D eigenvalue weighted by molar-refractivity contribution is 4.86. The number of methoxy groups -OCH3 is 1. The molecule has 1 unspecified atom stereocenters. The first-order valence-corrected chi connectivity index (χ1v) is 6.59. The van der Waals surface area contributed by atoms with Crippen LogP contribution in [-0.4, -0.2) is 38.5 Å². The maximum Gasteiger partial charge on any atom is 0.0846 e. The van der Waals surface area contributed by atoms with Crippen LogP contribution in [0.1, 0.15) is 46.0 Å². The van der Waals surface area contributed by atoms with Crippen molar-refractivity contribution < 1.29 is 9.47 Å². The smallest absolute Gasteiger partial charge is 0.0846 e. The summed E-state index contributed by atoms with van der Waals surface area (Å²) in [5.41, 5.74) is 0.0126. The van der Waals surface area contributed by atoms with E-state index in [-0.39, 0.29) is 5.60 Å². The molecule has 1 rings (SSSR count). The van der Waals surface area contributed by atoms with Crippen LogP contribution >= 0.6 is 0 Å². The molecule has 0 spiro atoms. The molecule has 1 atom stereocenters. The second-order valence-electron chi connectivity index (χ2n) is 4.92. The summed E-state index contributed by atoms with van der Waals surface area (Å²) in [6, 6.07) is 0.592. The topological polar surface area (TPSA) is 30.5 Å². The van der Waals surface area contributed by atoms with Crippen LogP contribution in [0, 0.1) is 0 Å². The van der Waals surface area contributed by atoms with Crippen molar-refractivity contribution in [3.05, 3.63) is 0 Å². The minimum Gasteiger partial charge on any atom is -0.381 e. The summed E-state index contributed by atoms with van der Waals surface area (Å²) < 4.78 is 11.1. The van der Waals surface area contributed by atoms with Crippen molar-refractivity contribution in [2.24, 2.45) is 0 Å². The average Bonchev–Trinajstić information content (AvgIpc) is 2.35. The van der Waals surface area contributed by atoms with Gasteiger partial charge in [-0.25, -0.2) is 0 Å². The first kappa shape index (κ1) is 13.9. The molecule has 0 aromatic carbocycles. The fraction of sp³-hybridized carbons (Fsp3) is 1.00. The summed E-state index contributed by atoms with van der Waals surface area (Å²) in [6.07, 6.45) is 5.85. The van der Waals surface area contributed by atoms with Gasteiger partial charge in [0.05, 0.1) is 5.60 Å². The Labute approximate surface area is 99.9 Å². The lowest BCUT2D eigenvalue weighted by molar-refractivity contribution is -0.0885. The van der Waals surface area contributed by atoms with E-state index in [1.165, 1.54) is 19.3 Å². The van der Waals surface area contributed by atoms with Crippen molar-refractivity contribution in [2.45, 2.75) is 57.6 Å². The van der Waals surface area contributed by atoms with E-state index in [0.717, 1.165) is 32.6 Å². The molecule has 1 N–H and O–H groups in total. The third-order valence-corrected chi connectivity index (χ3v) is 3.60. The number of hydrogen-bond donors (Lipinski definition) is 1. The highest BCUT2D eigenvalue weighted by Crippen LogP contribution is 2.23. The lowest BCUT2D eigenvalue weighted by Crippen LogP contribution is -2.48. The Morgan fingerprint density at radius 1 is 1.38 bits per heavy atom. The molecule has 1 aliphatic rings. The molecule has 0 radical (unpaired) electrons. The second kappa shape index (κ2) is 7.25. The molecule has 1 fully saturated rings. The fourth-order valence-electron chi connectivity index (χ4n) is 2.17. The van der Waals surface area contributed by atoms with E-state index in [1.54, 1.807) is 0 Å². The highest BCUT2D eigenvalue weighted by Gasteiger charge is 2.32. The maximum atomic E-state index is 5.69. The number of unbranched alkanes of at least 4 members (excludes halogenated alkanes) is 1. The molecule has 1 aliphatic heterocycles. The zero-order valence-electron chi connectivity index (χ0n) is 11.1. The summed E-state index contributed by atoms with van der Waals surface area (Å²) in [5, 5.41) is 3.60. The standard InChI is InChI=1S/C13H27NO2/c1-4-5-6-12(2)14-11-13(15-3)7-9-16-10-8-13/h12,14H,4-11H2,1-3H3. The molecule has 3 nitrogen and oxygen atoms in total. The normalized spacial score (nSPS) is 21.9. The van der Waals surface area contributed by atoms with E-state index >= 15 is 0 Å². The Bertz CT molecular complexity index is 179. The number of ether oxygens (including phenoxy) is 2. The number of rotatable bonds is 7. The van der Waals surface area contributed by atoms with Crippen LogP contribution in [0.3, 0.4) is 0 Å². The largest absolute Gasteiger partial charge is 0.381 e. The van der Waals surface area contributed by atoms with Crippen molar-refractivity contribution in [1.29, 1.82) is 0 Å². The monoisotopic (exact) mass is 229 g/mol. The maximum absolute atomic E-state index is 5.69. The third-order valence-electron chi connectivity index (χ3n) is 3.60. The second-order valence-corrected chi connectivity index (χ2v) is 4.92. The van der Waals surface area contributed by atoms with Gasteiger partial charge in [-0.3, -0.25) is 0 Å².